The topological polar surface area (TPSA) is 314 Å². The lowest BCUT2D eigenvalue weighted by Gasteiger charge is -2.12. The SMILES string of the molecule is CC(C)(C)c1cn[nH]n1.CC(C)(C)c1nc(N)n[nH]1.CC(C)(C)c1nc(N)n[nH]1.CC(C)(C)c1ncn[nH]1.CC(C)(C)c1ncn[nH]1.CC(C)(C)c1nn[nH]n1. The molecule has 0 unspecified atom stereocenters. The lowest BCUT2D eigenvalue weighted by atomic mass is 9.93. The number of nitrogens with two attached hydrogens (primary N) is 2. The fourth-order valence-electron chi connectivity index (χ4n) is 3.40. The van der Waals surface area contributed by atoms with E-state index in [0.717, 1.165) is 34.8 Å². The molecule has 56 heavy (non-hydrogen) atoms. The molecule has 10 N–H and O–H groups in total. The number of nitrogens with zero attached hydrogens (tertiary/aromatic N) is 13. The maximum atomic E-state index is 5.32. The van der Waals surface area contributed by atoms with Crippen LogP contribution in [-0.2, 0) is 32.5 Å². The summed E-state index contributed by atoms with van der Waals surface area (Å²) >= 11 is 0. The first-order valence-corrected chi connectivity index (χ1v) is 18.1. The molecule has 6 rings (SSSR count). The van der Waals surface area contributed by atoms with Gasteiger partial charge in [-0.05, 0) is 0 Å². The van der Waals surface area contributed by atoms with E-state index in [0.29, 0.717) is 11.9 Å². The summed E-state index contributed by atoms with van der Waals surface area (Å²) < 4.78 is 0. The molecule has 0 saturated carbocycles. The van der Waals surface area contributed by atoms with Gasteiger partial charge in [0.1, 0.15) is 36.0 Å². The molecule has 0 aliphatic carbocycles. The van der Waals surface area contributed by atoms with Crippen LogP contribution in [0.3, 0.4) is 0 Å². The van der Waals surface area contributed by atoms with Gasteiger partial charge in [0.2, 0.25) is 11.9 Å². The Labute approximate surface area is 330 Å². The number of hydrogen-bond donors (Lipinski definition) is 8. The number of nitrogen functional groups attached to an aromatic ring is 2. The van der Waals surface area contributed by atoms with E-state index in [4.69, 9.17) is 11.5 Å². The van der Waals surface area contributed by atoms with Crippen LogP contribution < -0.4 is 11.5 Å². The van der Waals surface area contributed by atoms with Crippen LogP contribution in [0.15, 0.2) is 18.9 Å². The van der Waals surface area contributed by atoms with Crippen molar-refractivity contribution < 1.29 is 0 Å². The average Bonchev–Trinajstić information content (AvgIpc) is 3.88. The standard InChI is InChI=1S/2C6H12N4.3C6H11N3.C5H10N4/c2*1-6(2,3)4-8-5(7)10-9-4;2*1-6(2,3)5-7-4-8-9-5;1-6(2,3)5-4-7-9-8-5;1-5(2,3)4-6-8-9-7-4/h2*1-3H3,(H3,7,8,9,10);3*4H,1-3H3,(H,7,8,9);1-3H3,(H,6,7,8,9). The Morgan fingerprint density at radius 3 is 0.982 bits per heavy atom. The first-order valence-electron chi connectivity index (χ1n) is 18.1. The Kier molecular flexibility index (Phi) is 17.1. The van der Waals surface area contributed by atoms with E-state index in [1.54, 1.807) is 6.20 Å². The minimum Gasteiger partial charge on any atom is -0.367 e. The molecular formula is C35H67N21. The van der Waals surface area contributed by atoms with E-state index < -0.39 is 0 Å². The van der Waals surface area contributed by atoms with Crippen molar-refractivity contribution in [3.05, 3.63) is 53.7 Å². The van der Waals surface area contributed by atoms with Crippen molar-refractivity contribution in [2.45, 2.75) is 157 Å². The van der Waals surface area contributed by atoms with E-state index in [1.807, 2.05) is 62.3 Å². The van der Waals surface area contributed by atoms with Crippen molar-refractivity contribution in [3.63, 3.8) is 0 Å². The lowest BCUT2D eigenvalue weighted by Crippen LogP contribution is -2.13. The summed E-state index contributed by atoms with van der Waals surface area (Å²) in [6.07, 6.45) is 4.81. The number of tetrazole rings is 1. The molecule has 312 valence electrons. The molecule has 0 atom stereocenters. The summed E-state index contributed by atoms with van der Waals surface area (Å²) in [6, 6.07) is 0. The zero-order valence-corrected chi connectivity index (χ0v) is 36.7. The van der Waals surface area contributed by atoms with E-state index in [9.17, 15) is 0 Å². The number of rotatable bonds is 0. The van der Waals surface area contributed by atoms with Crippen LogP contribution in [-0.4, -0.2) is 96.8 Å². The highest BCUT2D eigenvalue weighted by molar-refractivity contribution is 5.16. The summed E-state index contributed by atoms with van der Waals surface area (Å²) in [6.45, 7) is 37.3. The molecule has 0 spiro atoms. The fraction of sp³-hybridized carbons (Fsp3) is 0.686. The van der Waals surface area contributed by atoms with Crippen LogP contribution in [0.4, 0.5) is 11.9 Å². The summed E-state index contributed by atoms with van der Waals surface area (Å²) in [5, 5.41) is 49.9. The molecule has 0 amide bonds. The molecule has 0 aromatic carbocycles. The largest absolute Gasteiger partial charge is 0.367 e. The number of aromatic amines is 6. The minimum atomic E-state index is 0.00458. The smallest absolute Gasteiger partial charge is 0.239 e. The zero-order valence-electron chi connectivity index (χ0n) is 36.7. The number of hydrogen-bond acceptors (Lipinski definition) is 15. The number of H-pyrrole nitrogens is 6. The fourth-order valence-corrected chi connectivity index (χ4v) is 3.40. The highest BCUT2D eigenvalue weighted by atomic mass is 15.5. The Hall–Kier alpha value is -5.63. The lowest BCUT2D eigenvalue weighted by molar-refractivity contribution is 0.546. The van der Waals surface area contributed by atoms with Crippen molar-refractivity contribution in [2.24, 2.45) is 0 Å². The number of anilines is 2. The maximum absolute atomic E-state index is 5.32. The second kappa shape index (κ2) is 19.8. The van der Waals surface area contributed by atoms with Crippen LogP contribution in [0.25, 0.3) is 0 Å². The van der Waals surface area contributed by atoms with Crippen molar-refractivity contribution in [3.8, 4) is 0 Å². The molecule has 0 fully saturated rings. The molecular weight excluding hydrogens is 715 g/mol. The van der Waals surface area contributed by atoms with Gasteiger partial charge in [0, 0.05) is 32.5 Å². The summed E-state index contributed by atoms with van der Waals surface area (Å²) in [5.74, 6) is 4.89. The third-order valence-electron chi connectivity index (χ3n) is 6.88. The Balaban J connectivity index is 0.000000336. The highest BCUT2D eigenvalue weighted by Gasteiger charge is 2.20. The van der Waals surface area contributed by atoms with Gasteiger partial charge in [0.25, 0.3) is 0 Å². The normalized spacial score (nSPS) is 11.9. The van der Waals surface area contributed by atoms with Crippen molar-refractivity contribution >= 4 is 11.9 Å². The van der Waals surface area contributed by atoms with Crippen molar-refractivity contribution in [1.82, 2.24) is 96.8 Å². The van der Waals surface area contributed by atoms with Gasteiger partial charge < -0.3 is 11.5 Å². The van der Waals surface area contributed by atoms with Gasteiger partial charge in [-0.15, -0.1) is 20.4 Å². The van der Waals surface area contributed by atoms with E-state index in [2.05, 4.69) is 159 Å². The number of aromatic nitrogens is 19. The first kappa shape index (κ1) is 48.4. The number of nitrogens with one attached hydrogen (secondary N) is 6. The van der Waals surface area contributed by atoms with E-state index in [1.165, 1.54) is 12.7 Å². The predicted molar refractivity (Wildman–Crippen MR) is 217 cm³/mol. The minimum absolute atomic E-state index is 0.00458. The molecule has 0 radical (unpaired) electrons. The molecule has 21 nitrogen and oxygen atoms in total. The van der Waals surface area contributed by atoms with Crippen molar-refractivity contribution in [1.29, 1.82) is 0 Å². The van der Waals surface area contributed by atoms with Crippen LogP contribution in [0.1, 0.15) is 159 Å². The third-order valence-corrected chi connectivity index (χ3v) is 6.88. The van der Waals surface area contributed by atoms with Crippen LogP contribution in [0.2, 0.25) is 0 Å². The van der Waals surface area contributed by atoms with Gasteiger partial charge in [0.15, 0.2) is 5.82 Å². The second-order valence-electron chi connectivity index (χ2n) is 18.8. The Bertz CT molecular complexity index is 1610. The Morgan fingerprint density at radius 2 is 0.839 bits per heavy atom. The molecule has 6 heterocycles. The maximum Gasteiger partial charge on any atom is 0.239 e. The predicted octanol–water partition coefficient (Wildman–Crippen LogP) is 5.17. The molecule has 6 aromatic heterocycles. The third kappa shape index (κ3) is 18.6. The van der Waals surface area contributed by atoms with Gasteiger partial charge in [0.05, 0.1) is 11.9 Å². The first-order chi connectivity index (χ1) is 25.4. The van der Waals surface area contributed by atoms with Crippen molar-refractivity contribution in [2.75, 3.05) is 11.5 Å². The average molecular weight is 782 g/mol. The van der Waals surface area contributed by atoms with Gasteiger partial charge in [-0.1, -0.05) is 130 Å². The Morgan fingerprint density at radius 1 is 0.429 bits per heavy atom. The highest BCUT2D eigenvalue weighted by Crippen LogP contribution is 2.20. The molecule has 0 aliphatic heterocycles. The zero-order chi connectivity index (χ0) is 43.2. The molecule has 6 aromatic rings. The molecule has 0 bridgehead atoms. The molecule has 21 heteroatoms. The molecule has 0 saturated heterocycles. The second-order valence-corrected chi connectivity index (χ2v) is 18.8. The monoisotopic (exact) mass is 782 g/mol. The van der Waals surface area contributed by atoms with Gasteiger partial charge in [-0.3, -0.25) is 20.4 Å². The molecule has 0 aliphatic rings. The van der Waals surface area contributed by atoms with Gasteiger partial charge in [-0.2, -0.15) is 40.8 Å². The van der Waals surface area contributed by atoms with Gasteiger partial charge >= 0.3 is 0 Å². The van der Waals surface area contributed by atoms with Crippen LogP contribution in [0, 0.1) is 0 Å². The van der Waals surface area contributed by atoms with E-state index in [-0.39, 0.29) is 32.5 Å². The quantitative estimate of drug-likeness (QED) is 0.0985. The summed E-state index contributed by atoms with van der Waals surface area (Å²) in [4.78, 5) is 16.0. The summed E-state index contributed by atoms with van der Waals surface area (Å²) in [7, 11) is 0. The van der Waals surface area contributed by atoms with Gasteiger partial charge in [-0.25, -0.2) is 9.97 Å². The van der Waals surface area contributed by atoms with E-state index >= 15 is 0 Å². The van der Waals surface area contributed by atoms with Crippen LogP contribution >= 0.6 is 0 Å². The summed E-state index contributed by atoms with van der Waals surface area (Å²) in [5.41, 5.74) is 12.0. The van der Waals surface area contributed by atoms with Crippen LogP contribution in [0.5, 0.6) is 0 Å².